The molecular formula is C15H26N4O2. The Morgan fingerprint density at radius 2 is 2.14 bits per heavy atom. The monoisotopic (exact) mass is 294 g/mol. The molecule has 0 bridgehead atoms. The largest absolute Gasteiger partial charge is 0.385 e. The summed E-state index contributed by atoms with van der Waals surface area (Å²) in [5.74, 6) is 0.640. The Morgan fingerprint density at radius 3 is 2.76 bits per heavy atom. The highest BCUT2D eigenvalue weighted by molar-refractivity contribution is 5.97. The first-order valence-corrected chi connectivity index (χ1v) is 7.50. The average molecular weight is 294 g/mol. The van der Waals surface area contributed by atoms with E-state index in [0.717, 1.165) is 19.4 Å². The van der Waals surface area contributed by atoms with E-state index in [1.807, 2.05) is 13.8 Å². The highest BCUT2D eigenvalue weighted by Crippen LogP contribution is 2.15. The van der Waals surface area contributed by atoms with Crippen molar-refractivity contribution in [1.82, 2.24) is 15.3 Å². The first kappa shape index (κ1) is 17.4. The lowest BCUT2D eigenvalue weighted by atomic mass is 10.2. The van der Waals surface area contributed by atoms with Crippen LogP contribution in [-0.2, 0) is 4.74 Å². The average Bonchev–Trinajstić information content (AvgIpc) is 2.49. The summed E-state index contributed by atoms with van der Waals surface area (Å²) in [6.07, 6.45) is 3.80. The number of carbonyl (C=O) groups excluding carboxylic acids is 1. The van der Waals surface area contributed by atoms with Gasteiger partial charge in [-0.05, 0) is 6.42 Å². The molecule has 1 amide bonds. The summed E-state index contributed by atoms with van der Waals surface area (Å²) in [7, 11) is 1.75. The first-order valence-electron chi connectivity index (χ1n) is 7.50. The molecule has 118 valence electrons. The molecule has 0 unspecified atom stereocenters. The molecule has 1 aromatic heterocycles. The highest BCUT2D eigenvalue weighted by atomic mass is 16.5. The van der Waals surface area contributed by atoms with Crippen LogP contribution in [0.2, 0.25) is 0 Å². The summed E-state index contributed by atoms with van der Waals surface area (Å²) in [5, 5.41) is 5.77. The number of hydrogen-bond acceptors (Lipinski definition) is 5. The molecular weight excluding hydrogens is 268 g/mol. The fraction of sp³-hybridized carbons (Fsp3) is 0.667. The van der Waals surface area contributed by atoms with Crippen LogP contribution in [0.3, 0.4) is 0 Å². The van der Waals surface area contributed by atoms with Gasteiger partial charge in [-0.15, -0.1) is 0 Å². The second-order valence-electron chi connectivity index (χ2n) is 5.12. The first-order chi connectivity index (χ1) is 10.1. The molecule has 0 radical (unpaired) electrons. The maximum absolute atomic E-state index is 12.2. The third kappa shape index (κ3) is 5.67. The normalized spacial score (nSPS) is 10.7. The topological polar surface area (TPSA) is 76.1 Å². The molecule has 1 rings (SSSR count). The number of amides is 1. The van der Waals surface area contributed by atoms with Gasteiger partial charge in [0, 0.05) is 26.1 Å². The molecule has 0 aliphatic carbocycles. The molecule has 1 heterocycles. The quantitative estimate of drug-likeness (QED) is 0.683. The second kappa shape index (κ2) is 9.28. The van der Waals surface area contributed by atoms with Crippen molar-refractivity contribution < 1.29 is 9.53 Å². The van der Waals surface area contributed by atoms with Gasteiger partial charge in [0.05, 0.1) is 18.5 Å². The highest BCUT2D eigenvalue weighted by Gasteiger charge is 2.15. The van der Waals surface area contributed by atoms with Crippen molar-refractivity contribution in [3.05, 3.63) is 17.7 Å². The Morgan fingerprint density at radius 1 is 1.38 bits per heavy atom. The van der Waals surface area contributed by atoms with Gasteiger partial charge in [0.2, 0.25) is 0 Å². The van der Waals surface area contributed by atoms with Crippen LogP contribution in [0.15, 0.2) is 6.20 Å². The van der Waals surface area contributed by atoms with Crippen molar-refractivity contribution in [3.63, 3.8) is 0 Å². The van der Waals surface area contributed by atoms with Crippen LogP contribution in [0.1, 0.15) is 55.8 Å². The maximum Gasteiger partial charge on any atom is 0.272 e. The Hall–Kier alpha value is -1.69. The van der Waals surface area contributed by atoms with Gasteiger partial charge in [-0.3, -0.25) is 4.79 Å². The number of unbranched alkanes of at least 4 members (excludes halogenated alkanes) is 1. The summed E-state index contributed by atoms with van der Waals surface area (Å²) < 4.78 is 5.42. The van der Waals surface area contributed by atoms with Crippen molar-refractivity contribution in [2.75, 3.05) is 32.1 Å². The van der Waals surface area contributed by atoms with E-state index in [2.05, 4.69) is 27.5 Å². The molecule has 0 aliphatic rings. The zero-order valence-electron chi connectivity index (χ0n) is 13.4. The number of nitrogens with zero attached hydrogens (tertiary/aromatic N) is 2. The van der Waals surface area contributed by atoms with Gasteiger partial charge in [-0.1, -0.05) is 27.2 Å². The third-order valence-electron chi connectivity index (χ3n) is 2.98. The molecule has 0 spiro atoms. The van der Waals surface area contributed by atoms with E-state index in [1.165, 1.54) is 0 Å². The Balaban J connectivity index is 2.57. The molecule has 21 heavy (non-hydrogen) atoms. The summed E-state index contributed by atoms with van der Waals surface area (Å²) in [4.78, 5) is 20.8. The van der Waals surface area contributed by atoms with Crippen LogP contribution in [0.25, 0.3) is 0 Å². The van der Waals surface area contributed by atoms with Crippen LogP contribution < -0.4 is 10.6 Å². The molecule has 2 N–H and O–H groups in total. The number of ether oxygens (including phenoxy) is 1. The lowest BCUT2D eigenvalue weighted by Gasteiger charge is -2.11. The minimum absolute atomic E-state index is 0.180. The van der Waals surface area contributed by atoms with Crippen LogP contribution in [-0.4, -0.2) is 42.7 Å². The molecule has 0 atom stereocenters. The van der Waals surface area contributed by atoms with Crippen LogP contribution >= 0.6 is 0 Å². The molecule has 0 aliphatic heterocycles. The summed E-state index contributed by atoms with van der Waals surface area (Å²) >= 11 is 0. The summed E-state index contributed by atoms with van der Waals surface area (Å²) in [6.45, 7) is 7.84. The zero-order valence-corrected chi connectivity index (χ0v) is 13.4. The fourth-order valence-corrected chi connectivity index (χ4v) is 1.70. The molecule has 0 saturated carbocycles. The van der Waals surface area contributed by atoms with Gasteiger partial charge < -0.3 is 15.4 Å². The van der Waals surface area contributed by atoms with Crippen molar-refractivity contribution >= 4 is 11.6 Å². The summed E-state index contributed by atoms with van der Waals surface area (Å²) in [6, 6.07) is 0. The van der Waals surface area contributed by atoms with Crippen molar-refractivity contribution in [3.8, 4) is 0 Å². The molecule has 0 saturated heterocycles. The predicted octanol–water partition coefficient (Wildman–Crippen LogP) is 2.19. The van der Waals surface area contributed by atoms with Crippen molar-refractivity contribution in [2.45, 2.75) is 39.5 Å². The van der Waals surface area contributed by atoms with E-state index in [1.54, 1.807) is 13.2 Å². The van der Waals surface area contributed by atoms with Gasteiger partial charge >= 0.3 is 0 Å². The van der Waals surface area contributed by atoms with E-state index >= 15 is 0 Å². The predicted molar refractivity (Wildman–Crippen MR) is 83.7 cm³/mol. The van der Waals surface area contributed by atoms with E-state index in [4.69, 9.17) is 4.74 Å². The second-order valence-corrected chi connectivity index (χ2v) is 5.12. The lowest BCUT2D eigenvalue weighted by molar-refractivity contribution is 0.0908. The van der Waals surface area contributed by atoms with Gasteiger partial charge in [0.25, 0.3) is 5.91 Å². The Kier molecular flexibility index (Phi) is 7.68. The molecule has 0 fully saturated rings. The SMILES string of the molecule is CCCCOCCNC(=O)c1nc(C(C)C)ncc1NC. The zero-order chi connectivity index (χ0) is 15.7. The number of hydrogen-bond donors (Lipinski definition) is 2. The summed E-state index contributed by atoms with van der Waals surface area (Å²) in [5.41, 5.74) is 1.01. The minimum Gasteiger partial charge on any atom is -0.385 e. The van der Waals surface area contributed by atoms with E-state index in [-0.39, 0.29) is 11.8 Å². The number of aromatic nitrogens is 2. The van der Waals surface area contributed by atoms with Gasteiger partial charge in [-0.25, -0.2) is 9.97 Å². The standard InChI is InChI=1S/C15H26N4O2/c1-5-6-8-21-9-7-17-15(20)13-12(16-4)10-18-14(19-13)11(2)3/h10-11,16H,5-9H2,1-4H3,(H,17,20). The van der Waals surface area contributed by atoms with Gasteiger partial charge in [0.15, 0.2) is 5.69 Å². The molecule has 6 nitrogen and oxygen atoms in total. The number of anilines is 1. The van der Waals surface area contributed by atoms with Gasteiger partial charge in [0.1, 0.15) is 5.82 Å². The van der Waals surface area contributed by atoms with E-state index in [9.17, 15) is 4.79 Å². The van der Waals surface area contributed by atoms with E-state index in [0.29, 0.717) is 30.4 Å². The van der Waals surface area contributed by atoms with Crippen LogP contribution in [0.5, 0.6) is 0 Å². The lowest BCUT2D eigenvalue weighted by Crippen LogP contribution is -2.29. The number of nitrogens with one attached hydrogen (secondary N) is 2. The number of rotatable bonds is 9. The van der Waals surface area contributed by atoms with Crippen LogP contribution in [0.4, 0.5) is 5.69 Å². The molecule has 0 aromatic carbocycles. The number of carbonyl (C=O) groups is 1. The van der Waals surface area contributed by atoms with Crippen LogP contribution in [0, 0.1) is 0 Å². The fourth-order valence-electron chi connectivity index (χ4n) is 1.70. The minimum atomic E-state index is -0.206. The molecule has 6 heteroatoms. The van der Waals surface area contributed by atoms with Crippen molar-refractivity contribution in [2.24, 2.45) is 0 Å². The maximum atomic E-state index is 12.2. The Bertz CT molecular complexity index is 449. The Labute approximate surface area is 126 Å². The van der Waals surface area contributed by atoms with Crippen molar-refractivity contribution in [1.29, 1.82) is 0 Å². The van der Waals surface area contributed by atoms with Gasteiger partial charge in [-0.2, -0.15) is 0 Å². The molecule has 1 aromatic rings. The smallest absolute Gasteiger partial charge is 0.272 e. The third-order valence-corrected chi connectivity index (χ3v) is 2.98. The van der Waals surface area contributed by atoms with E-state index < -0.39 is 0 Å².